The first-order valence-electron chi connectivity index (χ1n) is 6.59. The first kappa shape index (κ1) is 15.6. The van der Waals surface area contributed by atoms with E-state index in [-0.39, 0.29) is 18.1 Å². The molecule has 0 aliphatic heterocycles. The molecule has 8 heteroatoms. The van der Waals surface area contributed by atoms with Crippen LogP contribution in [-0.2, 0) is 4.79 Å². The van der Waals surface area contributed by atoms with E-state index in [4.69, 9.17) is 5.11 Å². The molecule has 0 saturated heterocycles. The van der Waals surface area contributed by atoms with Gasteiger partial charge in [0.25, 0.3) is 5.91 Å². The van der Waals surface area contributed by atoms with Crippen molar-refractivity contribution in [1.82, 2.24) is 20.1 Å². The van der Waals surface area contributed by atoms with Crippen LogP contribution in [0.1, 0.15) is 29.8 Å². The third kappa shape index (κ3) is 3.66. The molecule has 1 aromatic carbocycles. The Kier molecular flexibility index (Phi) is 4.50. The average Bonchev–Trinajstić information content (AvgIpc) is 2.81. The Morgan fingerprint density at radius 2 is 2.00 bits per heavy atom. The quantitative estimate of drug-likeness (QED) is 0.868. The number of aromatic nitrogens is 3. The van der Waals surface area contributed by atoms with Crippen LogP contribution in [0.3, 0.4) is 0 Å². The molecule has 0 saturated carbocycles. The molecule has 22 heavy (non-hydrogen) atoms. The van der Waals surface area contributed by atoms with Gasteiger partial charge in [-0.15, -0.1) is 5.10 Å². The molecule has 1 unspecified atom stereocenters. The molecule has 2 aromatic rings. The SMILES string of the molecule is Cc1nc(C(=O)NC(C)CC(=O)O)nn1-c1ccc(F)cc1. The van der Waals surface area contributed by atoms with Crippen molar-refractivity contribution >= 4 is 11.9 Å². The molecule has 0 radical (unpaired) electrons. The highest BCUT2D eigenvalue weighted by atomic mass is 19.1. The van der Waals surface area contributed by atoms with E-state index in [0.29, 0.717) is 11.5 Å². The molecule has 0 spiro atoms. The van der Waals surface area contributed by atoms with Gasteiger partial charge in [0.2, 0.25) is 5.82 Å². The van der Waals surface area contributed by atoms with Crippen LogP contribution in [0, 0.1) is 12.7 Å². The smallest absolute Gasteiger partial charge is 0.305 e. The minimum absolute atomic E-state index is 0.0703. The number of aryl methyl sites for hydroxylation is 1. The number of carbonyl (C=O) groups excluding carboxylic acids is 1. The summed E-state index contributed by atoms with van der Waals surface area (Å²) in [6.07, 6.45) is -0.191. The minimum atomic E-state index is -1.01. The number of benzene rings is 1. The first-order valence-corrected chi connectivity index (χ1v) is 6.59. The summed E-state index contributed by atoms with van der Waals surface area (Å²) in [5, 5.41) is 15.2. The Morgan fingerprint density at radius 3 is 2.59 bits per heavy atom. The molecule has 116 valence electrons. The standard InChI is InChI=1S/C14H15FN4O3/c1-8(7-12(20)21)16-14(22)13-17-9(2)19(18-13)11-5-3-10(15)4-6-11/h3-6,8H,7H2,1-2H3,(H,16,22)(H,20,21). The molecule has 1 amide bonds. The maximum absolute atomic E-state index is 12.9. The maximum atomic E-state index is 12.9. The summed E-state index contributed by atoms with van der Waals surface area (Å²) in [4.78, 5) is 26.6. The van der Waals surface area contributed by atoms with Crippen LogP contribution in [0.2, 0.25) is 0 Å². The van der Waals surface area contributed by atoms with Crippen molar-refractivity contribution in [1.29, 1.82) is 0 Å². The van der Waals surface area contributed by atoms with E-state index in [1.807, 2.05) is 0 Å². The zero-order valence-corrected chi connectivity index (χ0v) is 12.1. The zero-order valence-electron chi connectivity index (χ0n) is 12.1. The number of hydrogen-bond acceptors (Lipinski definition) is 4. The van der Waals surface area contributed by atoms with Crippen molar-refractivity contribution in [2.75, 3.05) is 0 Å². The Labute approximate surface area is 125 Å². The van der Waals surface area contributed by atoms with Crippen LogP contribution in [0.5, 0.6) is 0 Å². The lowest BCUT2D eigenvalue weighted by Crippen LogP contribution is -2.34. The summed E-state index contributed by atoms with van der Waals surface area (Å²) >= 11 is 0. The van der Waals surface area contributed by atoms with Gasteiger partial charge in [-0.1, -0.05) is 0 Å². The summed E-state index contributed by atoms with van der Waals surface area (Å²) < 4.78 is 14.3. The second-order valence-corrected chi connectivity index (χ2v) is 4.84. The topological polar surface area (TPSA) is 97.1 Å². The predicted molar refractivity (Wildman–Crippen MR) is 75.2 cm³/mol. The Morgan fingerprint density at radius 1 is 1.36 bits per heavy atom. The normalized spacial score (nSPS) is 12.0. The highest BCUT2D eigenvalue weighted by Crippen LogP contribution is 2.10. The lowest BCUT2D eigenvalue weighted by molar-refractivity contribution is -0.137. The zero-order chi connectivity index (χ0) is 16.3. The predicted octanol–water partition coefficient (Wildman–Crippen LogP) is 1.31. The number of carbonyl (C=O) groups is 2. The van der Waals surface area contributed by atoms with Gasteiger partial charge in [0.15, 0.2) is 0 Å². The molecule has 0 aliphatic rings. The van der Waals surface area contributed by atoms with E-state index in [0.717, 1.165) is 0 Å². The molecular weight excluding hydrogens is 291 g/mol. The van der Waals surface area contributed by atoms with E-state index < -0.39 is 17.9 Å². The third-order valence-electron chi connectivity index (χ3n) is 2.90. The average molecular weight is 306 g/mol. The van der Waals surface area contributed by atoms with Crippen molar-refractivity contribution in [2.45, 2.75) is 26.3 Å². The number of carboxylic acids is 1. The first-order chi connectivity index (χ1) is 10.4. The fourth-order valence-electron chi connectivity index (χ4n) is 1.91. The lowest BCUT2D eigenvalue weighted by atomic mass is 10.2. The van der Waals surface area contributed by atoms with E-state index in [9.17, 15) is 14.0 Å². The number of halogens is 1. The van der Waals surface area contributed by atoms with E-state index in [1.54, 1.807) is 13.8 Å². The van der Waals surface area contributed by atoms with Gasteiger partial charge in [0.05, 0.1) is 12.1 Å². The monoisotopic (exact) mass is 306 g/mol. The highest BCUT2D eigenvalue weighted by Gasteiger charge is 2.18. The number of carboxylic acid groups (broad SMARTS) is 1. The Bertz CT molecular complexity index is 697. The summed E-state index contributed by atoms with van der Waals surface area (Å²) in [6.45, 7) is 3.24. The molecule has 0 aliphatic carbocycles. The fourth-order valence-corrected chi connectivity index (χ4v) is 1.91. The molecule has 1 aromatic heterocycles. The van der Waals surface area contributed by atoms with Crippen molar-refractivity contribution in [3.63, 3.8) is 0 Å². The lowest BCUT2D eigenvalue weighted by Gasteiger charge is -2.09. The van der Waals surface area contributed by atoms with Crippen molar-refractivity contribution in [2.24, 2.45) is 0 Å². The number of aliphatic carboxylic acids is 1. The fraction of sp³-hybridized carbons (Fsp3) is 0.286. The van der Waals surface area contributed by atoms with Gasteiger partial charge in [-0.05, 0) is 38.1 Å². The molecule has 2 N–H and O–H groups in total. The van der Waals surface area contributed by atoms with Crippen molar-refractivity contribution < 1.29 is 19.1 Å². The number of nitrogens with zero attached hydrogens (tertiary/aromatic N) is 3. The van der Waals surface area contributed by atoms with Crippen LogP contribution < -0.4 is 5.32 Å². The van der Waals surface area contributed by atoms with Crippen LogP contribution >= 0.6 is 0 Å². The summed E-state index contributed by atoms with van der Waals surface area (Å²) in [5.74, 6) is -1.55. The number of rotatable bonds is 5. The number of hydrogen-bond donors (Lipinski definition) is 2. The van der Waals surface area contributed by atoms with E-state index in [1.165, 1.54) is 28.9 Å². The minimum Gasteiger partial charge on any atom is -0.481 e. The molecule has 1 heterocycles. The highest BCUT2D eigenvalue weighted by molar-refractivity contribution is 5.90. The van der Waals surface area contributed by atoms with Gasteiger partial charge in [0.1, 0.15) is 11.6 Å². The van der Waals surface area contributed by atoms with E-state index >= 15 is 0 Å². The van der Waals surface area contributed by atoms with E-state index in [2.05, 4.69) is 15.4 Å². The number of amides is 1. The van der Waals surface area contributed by atoms with Crippen molar-refractivity contribution in [3.8, 4) is 5.69 Å². The molecule has 0 fully saturated rings. The van der Waals surface area contributed by atoms with Crippen LogP contribution in [0.4, 0.5) is 4.39 Å². The third-order valence-corrected chi connectivity index (χ3v) is 2.90. The largest absolute Gasteiger partial charge is 0.481 e. The van der Waals surface area contributed by atoms with Gasteiger partial charge in [-0.3, -0.25) is 9.59 Å². The van der Waals surface area contributed by atoms with Crippen LogP contribution in [-0.4, -0.2) is 37.8 Å². The summed E-state index contributed by atoms with van der Waals surface area (Å²) in [5.41, 5.74) is 0.573. The van der Waals surface area contributed by atoms with Crippen LogP contribution in [0.25, 0.3) is 5.69 Å². The number of nitrogens with one attached hydrogen (secondary N) is 1. The maximum Gasteiger partial charge on any atom is 0.305 e. The van der Waals surface area contributed by atoms with Gasteiger partial charge < -0.3 is 10.4 Å². The molecule has 7 nitrogen and oxygen atoms in total. The molecular formula is C14H15FN4O3. The summed E-state index contributed by atoms with van der Waals surface area (Å²) in [7, 11) is 0. The summed E-state index contributed by atoms with van der Waals surface area (Å²) in [6, 6.07) is 5.07. The van der Waals surface area contributed by atoms with Gasteiger partial charge >= 0.3 is 5.97 Å². The Hall–Kier alpha value is -2.77. The molecule has 0 bridgehead atoms. The molecule has 1 atom stereocenters. The Balaban J connectivity index is 2.17. The second-order valence-electron chi connectivity index (χ2n) is 4.84. The van der Waals surface area contributed by atoms with Gasteiger partial charge in [-0.2, -0.15) is 0 Å². The van der Waals surface area contributed by atoms with Crippen LogP contribution in [0.15, 0.2) is 24.3 Å². The van der Waals surface area contributed by atoms with Gasteiger partial charge in [-0.25, -0.2) is 14.1 Å². The molecule has 2 rings (SSSR count). The second kappa shape index (κ2) is 6.33. The van der Waals surface area contributed by atoms with Crippen molar-refractivity contribution in [3.05, 3.63) is 41.7 Å². The van der Waals surface area contributed by atoms with Gasteiger partial charge in [0, 0.05) is 6.04 Å².